The van der Waals surface area contributed by atoms with Gasteiger partial charge in [-0.15, -0.1) is 0 Å². The van der Waals surface area contributed by atoms with Crippen LogP contribution in [0.2, 0.25) is 5.02 Å². The van der Waals surface area contributed by atoms with Crippen LogP contribution in [0, 0.1) is 17.8 Å². The molecule has 1 aromatic rings. The van der Waals surface area contributed by atoms with Gasteiger partial charge in [0.2, 0.25) is 0 Å². The van der Waals surface area contributed by atoms with Crippen molar-refractivity contribution in [3.8, 4) is 11.8 Å². The average Bonchev–Trinajstić information content (AvgIpc) is 3.39. The molecule has 0 saturated heterocycles. The number of halogens is 1. The van der Waals surface area contributed by atoms with Crippen molar-refractivity contribution in [1.29, 1.82) is 0 Å². The average molecular weight is 385 g/mol. The standard InChI is InChI=1S/C21H22ClN3O2/c1-21(2,27-12-14-7-8-14)10-9-16-18-11-24(3)20(26)19-15(22)5-4-6-17(19)25(18)13-23-16/h4-6,13-14H,7-8,11-12H2,1-3H3/p+1. The van der Waals surface area contributed by atoms with E-state index < -0.39 is 5.60 Å². The molecule has 140 valence electrons. The van der Waals surface area contributed by atoms with E-state index >= 15 is 0 Å². The van der Waals surface area contributed by atoms with Crippen LogP contribution in [-0.4, -0.2) is 42.9 Å². The van der Waals surface area contributed by atoms with Crippen molar-refractivity contribution >= 4 is 29.5 Å². The number of quaternary nitrogens is 1. The zero-order valence-electron chi connectivity index (χ0n) is 15.8. The number of carbonyl (C=O) groups is 1. The van der Waals surface area contributed by atoms with Gasteiger partial charge in [-0.05, 0) is 44.6 Å². The second-order valence-corrected chi connectivity index (χ2v) is 8.24. The van der Waals surface area contributed by atoms with Gasteiger partial charge in [0.05, 0.1) is 18.2 Å². The molecule has 0 radical (unpaired) electrons. The van der Waals surface area contributed by atoms with Gasteiger partial charge in [0.15, 0.2) is 23.4 Å². The number of allylic oxidation sites excluding steroid dienone is 1. The molecule has 2 heterocycles. The minimum Gasteiger partial charge on any atom is -0.363 e. The molecule has 1 aromatic carbocycles. The van der Waals surface area contributed by atoms with Crippen LogP contribution in [0.5, 0.6) is 0 Å². The van der Waals surface area contributed by atoms with Crippen LogP contribution in [0.4, 0.5) is 5.69 Å². The van der Waals surface area contributed by atoms with Gasteiger partial charge >= 0.3 is 0 Å². The van der Waals surface area contributed by atoms with Crippen LogP contribution in [0.1, 0.15) is 37.0 Å². The van der Waals surface area contributed by atoms with E-state index in [4.69, 9.17) is 16.3 Å². The first-order valence-electron chi connectivity index (χ1n) is 9.22. The molecule has 5 nitrogen and oxygen atoms in total. The number of rotatable bonds is 3. The third-order valence-electron chi connectivity index (χ3n) is 5.05. The van der Waals surface area contributed by atoms with Crippen LogP contribution in [0.3, 0.4) is 0 Å². The quantitative estimate of drug-likeness (QED) is 0.813. The summed E-state index contributed by atoms with van der Waals surface area (Å²) in [7, 11) is 1.78. The van der Waals surface area contributed by atoms with Crippen molar-refractivity contribution in [2.45, 2.75) is 32.3 Å². The summed E-state index contributed by atoms with van der Waals surface area (Å²) in [5.74, 6) is 7.01. The first-order valence-corrected chi connectivity index (χ1v) is 9.59. The van der Waals surface area contributed by atoms with Crippen molar-refractivity contribution < 1.29 is 14.4 Å². The number of ether oxygens (including phenoxy) is 1. The zero-order valence-corrected chi connectivity index (χ0v) is 16.6. The maximum Gasteiger partial charge on any atom is 0.261 e. The normalized spacial score (nSPS) is 21.6. The lowest BCUT2D eigenvalue weighted by Gasteiger charge is -2.18. The number of benzene rings is 1. The van der Waals surface area contributed by atoms with E-state index in [-0.39, 0.29) is 5.91 Å². The fourth-order valence-corrected chi connectivity index (χ4v) is 3.49. The smallest absolute Gasteiger partial charge is 0.261 e. The van der Waals surface area contributed by atoms with Crippen molar-refractivity contribution in [1.82, 2.24) is 4.90 Å². The molecule has 2 aliphatic heterocycles. The lowest BCUT2D eigenvalue weighted by atomic mass is 10.1. The van der Waals surface area contributed by atoms with E-state index in [1.165, 1.54) is 12.8 Å². The topological polar surface area (TPSA) is 46.3 Å². The Morgan fingerprint density at radius 1 is 1.41 bits per heavy atom. The molecule has 4 rings (SSSR count). The largest absolute Gasteiger partial charge is 0.363 e. The molecule has 0 aromatic heterocycles. The highest BCUT2D eigenvalue weighted by molar-refractivity contribution is 6.34. The van der Waals surface area contributed by atoms with E-state index in [0.29, 0.717) is 28.7 Å². The molecule has 0 bridgehead atoms. The monoisotopic (exact) mass is 384 g/mol. The van der Waals surface area contributed by atoms with E-state index in [2.05, 4.69) is 16.8 Å². The summed E-state index contributed by atoms with van der Waals surface area (Å²) in [6.07, 6.45) is 4.30. The van der Waals surface area contributed by atoms with E-state index in [1.54, 1.807) is 24.4 Å². The molecular formula is C21H23ClN3O2+. The summed E-state index contributed by atoms with van der Waals surface area (Å²) in [6, 6.07) is 5.52. The molecule has 3 aliphatic rings. The molecule has 0 spiro atoms. The van der Waals surface area contributed by atoms with Crippen LogP contribution in [0.15, 0.2) is 34.6 Å². The van der Waals surface area contributed by atoms with Gasteiger partial charge in [-0.2, -0.15) is 4.99 Å². The number of fused-ring (bicyclic) bond motifs is 3. The first-order chi connectivity index (χ1) is 12.9. The second kappa shape index (κ2) is 6.79. The molecule has 1 atom stereocenters. The molecule has 1 fully saturated rings. The van der Waals surface area contributed by atoms with Crippen LogP contribution < -0.4 is 4.90 Å². The zero-order chi connectivity index (χ0) is 19.2. The Hall–Kier alpha value is -2.13. The molecule has 1 amide bonds. The van der Waals surface area contributed by atoms with E-state index in [9.17, 15) is 4.79 Å². The van der Waals surface area contributed by atoms with Crippen LogP contribution in [-0.2, 0) is 4.74 Å². The van der Waals surface area contributed by atoms with Gasteiger partial charge in [-0.3, -0.25) is 4.79 Å². The molecular weight excluding hydrogens is 362 g/mol. The van der Waals surface area contributed by atoms with Crippen molar-refractivity contribution in [2.24, 2.45) is 10.9 Å². The van der Waals surface area contributed by atoms with E-state index in [0.717, 1.165) is 22.9 Å². The van der Waals surface area contributed by atoms with Crippen molar-refractivity contribution in [2.75, 3.05) is 20.2 Å². The fraction of sp³-hybridized carbons (Fsp3) is 0.429. The maximum absolute atomic E-state index is 12.8. The predicted octanol–water partition coefficient (Wildman–Crippen LogP) is 2.40. The summed E-state index contributed by atoms with van der Waals surface area (Å²) in [5, 5.41) is 0.459. The highest BCUT2D eigenvalue weighted by atomic mass is 35.5. The number of hydrogen-bond donors (Lipinski definition) is 1. The molecule has 27 heavy (non-hydrogen) atoms. The molecule has 6 heteroatoms. The van der Waals surface area contributed by atoms with Gasteiger partial charge in [-0.1, -0.05) is 23.6 Å². The summed E-state index contributed by atoms with van der Waals surface area (Å²) in [6.45, 7) is 5.17. The Balaban J connectivity index is 1.67. The number of nitrogens with one attached hydrogen (secondary N) is 1. The third-order valence-corrected chi connectivity index (χ3v) is 5.37. The predicted molar refractivity (Wildman–Crippen MR) is 105 cm³/mol. The van der Waals surface area contributed by atoms with Gasteiger partial charge in [0, 0.05) is 13.1 Å². The highest BCUT2D eigenvalue weighted by Gasteiger charge is 2.37. The first kappa shape index (κ1) is 18.2. The van der Waals surface area contributed by atoms with Crippen molar-refractivity contribution in [3.63, 3.8) is 0 Å². The van der Waals surface area contributed by atoms with Gasteiger partial charge in [0.25, 0.3) is 5.91 Å². The summed E-state index contributed by atoms with van der Waals surface area (Å²) >= 11 is 6.32. The van der Waals surface area contributed by atoms with Crippen LogP contribution in [0.25, 0.3) is 0 Å². The Bertz CT molecular complexity index is 919. The molecule has 1 unspecified atom stereocenters. The number of carbonyl (C=O) groups excluding carboxylic acids is 1. The second-order valence-electron chi connectivity index (χ2n) is 7.84. The van der Waals surface area contributed by atoms with Crippen LogP contribution >= 0.6 is 11.6 Å². The van der Waals surface area contributed by atoms with Crippen molar-refractivity contribution in [3.05, 3.63) is 40.2 Å². The van der Waals surface area contributed by atoms with Gasteiger partial charge in [0.1, 0.15) is 11.2 Å². The Kier molecular flexibility index (Phi) is 4.59. The van der Waals surface area contributed by atoms with E-state index in [1.807, 2.05) is 26.0 Å². The summed E-state index contributed by atoms with van der Waals surface area (Å²) in [4.78, 5) is 19.9. The molecule has 1 saturated carbocycles. The molecule has 1 N–H and O–H groups in total. The Labute approximate surface area is 164 Å². The summed E-state index contributed by atoms with van der Waals surface area (Å²) < 4.78 is 5.95. The minimum absolute atomic E-state index is 0.0844. The number of aliphatic imine (C=N–C) groups is 1. The Morgan fingerprint density at radius 2 is 2.19 bits per heavy atom. The Morgan fingerprint density at radius 3 is 2.93 bits per heavy atom. The minimum atomic E-state index is -0.526. The van der Waals surface area contributed by atoms with Gasteiger partial charge in [-0.25, -0.2) is 4.90 Å². The lowest BCUT2D eigenvalue weighted by Crippen LogP contribution is -3.04. The number of nitrogens with zero attached hydrogens (tertiary/aromatic N) is 2. The number of likely N-dealkylation sites (N-methyl/N-ethyl adjacent to an activating group) is 1. The maximum atomic E-state index is 12.8. The fourth-order valence-electron chi connectivity index (χ4n) is 3.23. The summed E-state index contributed by atoms with van der Waals surface area (Å²) in [5.41, 5.74) is 2.47. The third kappa shape index (κ3) is 3.66. The highest BCUT2D eigenvalue weighted by Crippen LogP contribution is 2.30. The molecule has 1 aliphatic carbocycles. The lowest BCUT2D eigenvalue weighted by molar-refractivity contribution is -0.673. The SMILES string of the molecule is CN1CC2=C(C#CC(C)(C)OCC3CC3)N=C[NH+]2c2cccc(Cl)c2C1=O. The van der Waals surface area contributed by atoms with Gasteiger partial charge < -0.3 is 9.64 Å². The number of amides is 1. The number of hydrogen-bond acceptors (Lipinski definition) is 3.